The highest BCUT2D eigenvalue weighted by molar-refractivity contribution is 6.10. The van der Waals surface area contributed by atoms with Crippen LogP contribution in [0.1, 0.15) is 43.2 Å². The highest BCUT2D eigenvalue weighted by Gasteiger charge is 2.30. The molecule has 0 unspecified atom stereocenters. The van der Waals surface area contributed by atoms with Crippen molar-refractivity contribution in [3.05, 3.63) is 47.2 Å². The molecule has 0 aliphatic heterocycles. The standard InChI is InChI=1S/C20H22N4O4/c1-11-5-4-6-13(17(11)28-3)20(27)23-15-9-16(24-18(25)12-7-8-12)22-10-14(15)19(26)21-2/h4-6,9-10,12H,7-8H2,1-3H3,(H,21,26)(H2,22,23,24,25,27)/i1D3. The average Bonchev–Trinajstić information content (AvgIpc) is 3.57. The molecule has 3 rings (SSSR count). The molecule has 1 aliphatic carbocycles. The highest BCUT2D eigenvalue weighted by atomic mass is 16.5. The first kappa shape index (κ1) is 15.6. The minimum Gasteiger partial charge on any atom is -0.496 e. The van der Waals surface area contributed by atoms with Gasteiger partial charge in [-0.3, -0.25) is 14.4 Å². The van der Waals surface area contributed by atoms with Crippen molar-refractivity contribution in [2.24, 2.45) is 5.92 Å². The molecule has 0 bridgehead atoms. The molecule has 3 N–H and O–H groups in total. The Kier molecular flexibility index (Phi) is 4.51. The SMILES string of the molecule is [2H]C([2H])([2H])c1cccc(C(=O)Nc2cc(NC(=O)C3CC3)ncc2C(=O)NC)c1OC. The van der Waals surface area contributed by atoms with Crippen molar-refractivity contribution < 1.29 is 23.2 Å². The maximum absolute atomic E-state index is 13.0. The molecule has 0 spiro atoms. The van der Waals surface area contributed by atoms with E-state index < -0.39 is 18.7 Å². The number of aryl methyl sites for hydroxylation is 1. The van der Waals surface area contributed by atoms with Gasteiger partial charge in [0.05, 0.1) is 23.9 Å². The molecule has 1 aromatic heterocycles. The van der Waals surface area contributed by atoms with E-state index in [1.54, 1.807) is 0 Å². The van der Waals surface area contributed by atoms with Gasteiger partial charge in [0.25, 0.3) is 11.8 Å². The Morgan fingerprint density at radius 2 is 1.96 bits per heavy atom. The topological polar surface area (TPSA) is 109 Å². The molecule has 28 heavy (non-hydrogen) atoms. The molecule has 146 valence electrons. The monoisotopic (exact) mass is 385 g/mol. The largest absolute Gasteiger partial charge is 0.496 e. The van der Waals surface area contributed by atoms with Gasteiger partial charge in [-0.2, -0.15) is 0 Å². The van der Waals surface area contributed by atoms with Crippen LogP contribution in [-0.4, -0.2) is 36.9 Å². The number of pyridine rings is 1. The average molecular weight is 385 g/mol. The van der Waals surface area contributed by atoms with E-state index in [0.717, 1.165) is 12.8 Å². The number of hydrogen-bond acceptors (Lipinski definition) is 5. The molecule has 8 heteroatoms. The number of ether oxygens (including phenoxy) is 1. The first-order valence-corrected chi connectivity index (χ1v) is 8.67. The van der Waals surface area contributed by atoms with Gasteiger partial charge in [0.15, 0.2) is 0 Å². The van der Waals surface area contributed by atoms with E-state index in [1.165, 1.54) is 44.6 Å². The first-order valence-electron chi connectivity index (χ1n) is 10.2. The maximum atomic E-state index is 13.0. The van der Waals surface area contributed by atoms with Crippen LogP contribution in [-0.2, 0) is 4.79 Å². The number of anilines is 2. The predicted octanol–water partition coefficient (Wildman–Crippen LogP) is 2.36. The van der Waals surface area contributed by atoms with Gasteiger partial charge in [0.2, 0.25) is 5.91 Å². The third kappa shape index (κ3) is 4.11. The summed E-state index contributed by atoms with van der Waals surface area (Å²) in [4.78, 5) is 41.3. The van der Waals surface area contributed by atoms with Crippen LogP contribution in [0.3, 0.4) is 0 Å². The number of aromatic nitrogens is 1. The molecule has 0 atom stereocenters. The summed E-state index contributed by atoms with van der Waals surface area (Å²) in [7, 11) is 2.70. The Balaban J connectivity index is 1.95. The summed E-state index contributed by atoms with van der Waals surface area (Å²) in [6.07, 6.45) is 2.86. The maximum Gasteiger partial charge on any atom is 0.259 e. The third-order valence-corrected chi connectivity index (χ3v) is 4.29. The second-order valence-corrected chi connectivity index (χ2v) is 6.30. The molecule has 8 nitrogen and oxygen atoms in total. The Hall–Kier alpha value is -3.42. The number of hydrogen-bond donors (Lipinski definition) is 3. The van der Waals surface area contributed by atoms with Crippen molar-refractivity contribution in [2.45, 2.75) is 19.7 Å². The summed E-state index contributed by atoms with van der Waals surface area (Å²) in [6, 6.07) is 5.59. The Morgan fingerprint density at radius 3 is 2.61 bits per heavy atom. The van der Waals surface area contributed by atoms with Crippen LogP contribution in [0.4, 0.5) is 11.5 Å². The third-order valence-electron chi connectivity index (χ3n) is 4.29. The van der Waals surface area contributed by atoms with Gasteiger partial charge in [-0.15, -0.1) is 0 Å². The summed E-state index contributed by atoms with van der Waals surface area (Å²) >= 11 is 0. The van der Waals surface area contributed by atoms with Crippen molar-refractivity contribution in [3.63, 3.8) is 0 Å². The number of nitrogens with one attached hydrogen (secondary N) is 3. The van der Waals surface area contributed by atoms with Gasteiger partial charge >= 0.3 is 0 Å². The van der Waals surface area contributed by atoms with Gasteiger partial charge in [-0.1, -0.05) is 12.1 Å². The molecule has 1 heterocycles. The quantitative estimate of drug-likeness (QED) is 0.707. The summed E-state index contributed by atoms with van der Waals surface area (Å²) in [6.45, 7) is -2.48. The second kappa shape index (κ2) is 8.08. The lowest BCUT2D eigenvalue weighted by Gasteiger charge is -2.14. The minimum absolute atomic E-state index is 0.0145. The fourth-order valence-corrected chi connectivity index (χ4v) is 2.64. The van der Waals surface area contributed by atoms with Crippen LogP contribution in [0.5, 0.6) is 5.75 Å². The molecule has 1 saturated carbocycles. The van der Waals surface area contributed by atoms with E-state index >= 15 is 0 Å². The molecule has 0 radical (unpaired) electrons. The molecular formula is C20H22N4O4. The summed E-state index contributed by atoms with van der Waals surface area (Å²) < 4.78 is 28.1. The van der Waals surface area contributed by atoms with Crippen LogP contribution in [0.25, 0.3) is 0 Å². The molecule has 1 aromatic carbocycles. The van der Waals surface area contributed by atoms with Crippen LogP contribution in [0.15, 0.2) is 30.5 Å². The molecule has 0 saturated heterocycles. The van der Waals surface area contributed by atoms with Crippen molar-refractivity contribution >= 4 is 29.2 Å². The van der Waals surface area contributed by atoms with Crippen molar-refractivity contribution in [2.75, 3.05) is 24.8 Å². The van der Waals surface area contributed by atoms with Crippen LogP contribution < -0.4 is 20.7 Å². The highest BCUT2D eigenvalue weighted by Crippen LogP contribution is 2.30. The molecule has 3 amide bonds. The molecule has 1 fully saturated rings. The Bertz CT molecular complexity index is 1040. The number of nitrogens with zero attached hydrogens (tertiary/aromatic N) is 1. The zero-order chi connectivity index (χ0) is 22.8. The number of para-hydroxylation sites is 1. The summed E-state index contributed by atoms with van der Waals surface area (Å²) in [5, 5.41) is 7.72. The van der Waals surface area contributed by atoms with E-state index in [2.05, 4.69) is 20.9 Å². The summed E-state index contributed by atoms with van der Waals surface area (Å²) in [5.74, 6) is -1.31. The second-order valence-electron chi connectivity index (χ2n) is 6.30. The smallest absolute Gasteiger partial charge is 0.259 e. The lowest BCUT2D eigenvalue weighted by molar-refractivity contribution is -0.117. The van der Waals surface area contributed by atoms with Crippen molar-refractivity contribution in [1.29, 1.82) is 0 Å². The Morgan fingerprint density at radius 1 is 1.18 bits per heavy atom. The molecular weight excluding hydrogens is 360 g/mol. The number of carbonyl (C=O) groups is 3. The number of benzene rings is 1. The lowest BCUT2D eigenvalue weighted by atomic mass is 10.1. The minimum atomic E-state index is -2.48. The van der Waals surface area contributed by atoms with Crippen molar-refractivity contribution in [1.82, 2.24) is 10.3 Å². The summed E-state index contributed by atoms with van der Waals surface area (Å²) in [5.41, 5.74) is 0.0543. The molecule has 2 aromatic rings. The fourth-order valence-electron chi connectivity index (χ4n) is 2.64. The fraction of sp³-hybridized carbons (Fsp3) is 0.300. The van der Waals surface area contributed by atoms with Gasteiger partial charge in [0, 0.05) is 29.3 Å². The normalized spacial score (nSPS) is 14.9. The van der Waals surface area contributed by atoms with Crippen LogP contribution >= 0.6 is 0 Å². The van der Waals surface area contributed by atoms with Crippen LogP contribution in [0, 0.1) is 12.8 Å². The van der Waals surface area contributed by atoms with Gasteiger partial charge in [-0.25, -0.2) is 4.98 Å². The van der Waals surface area contributed by atoms with Gasteiger partial charge in [-0.05, 0) is 31.3 Å². The van der Waals surface area contributed by atoms with E-state index in [-0.39, 0.29) is 45.8 Å². The number of amides is 3. The number of rotatable bonds is 6. The number of carbonyl (C=O) groups excluding carboxylic acids is 3. The number of methoxy groups -OCH3 is 1. The zero-order valence-electron chi connectivity index (χ0n) is 18.5. The predicted molar refractivity (Wildman–Crippen MR) is 105 cm³/mol. The van der Waals surface area contributed by atoms with E-state index in [0.29, 0.717) is 0 Å². The first-order chi connectivity index (χ1) is 14.7. The van der Waals surface area contributed by atoms with Crippen molar-refractivity contribution in [3.8, 4) is 5.75 Å². The van der Waals surface area contributed by atoms with E-state index in [4.69, 9.17) is 8.85 Å². The Labute approximate surface area is 166 Å². The van der Waals surface area contributed by atoms with E-state index in [1.807, 2.05) is 0 Å². The van der Waals surface area contributed by atoms with Gasteiger partial charge < -0.3 is 20.7 Å². The molecule has 1 aliphatic rings. The van der Waals surface area contributed by atoms with Gasteiger partial charge in [0.1, 0.15) is 11.6 Å². The van der Waals surface area contributed by atoms with E-state index in [9.17, 15) is 14.4 Å². The zero-order valence-corrected chi connectivity index (χ0v) is 15.5. The van der Waals surface area contributed by atoms with Crippen LogP contribution in [0.2, 0.25) is 0 Å². The lowest BCUT2D eigenvalue weighted by Crippen LogP contribution is -2.23.